The predicted molar refractivity (Wildman–Crippen MR) is 72.3 cm³/mol. The van der Waals surface area contributed by atoms with E-state index >= 15 is 0 Å². The van der Waals surface area contributed by atoms with Crippen LogP contribution in [0.2, 0.25) is 0 Å². The van der Waals surface area contributed by atoms with Gasteiger partial charge >= 0.3 is 0 Å². The van der Waals surface area contributed by atoms with Crippen LogP contribution >= 0.6 is 0 Å². The van der Waals surface area contributed by atoms with E-state index < -0.39 is 0 Å². The standard InChI is InChI=1S/C16H13N/c1-12-9-10-13-7-5-3-2-4-6-8-14-11-15(14)16(13)17-12/h2-11H,1H3/b3-2-,4-2?,5-3?,6-4-,7-5-,8-6?,13-7?,14-8+,16-15?. The Kier molecular flexibility index (Phi) is 2.37. The molecule has 0 aromatic carbocycles. The minimum atomic E-state index is 1.06. The zero-order chi connectivity index (χ0) is 11.7. The Morgan fingerprint density at radius 1 is 0.941 bits per heavy atom. The van der Waals surface area contributed by atoms with E-state index in [1.807, 2.05) is 31.2 Å². The predicted octanol–water partition coefficient (Wildman–Crippen LogP) is 3.85. The monoisotopic (exact) mass is 219 g/mol. The van der Waals surface area contributed by atoms with Crippen LogP contribution in [-0.4, -0.2) is 4.98 Å². The van der Waals surface area contributed by atoms with E-state index in [1.54, 1.807) is 0 Å². The SMILES string of the molecule is Cc1ccc2c(n1)C1=CC\1=C/C=C\C=C/C=C\2. The normalized spacial score (nSPS) is 25.2. The molecule has 17 heavy (non-hydrogen) atoms. The lowest BCUT2D eigenvalue weighted by Crippen LogP contribution is -1.91. The quantitative estimate of drug-likeness (QED) is 0.645. The van der Waals surface area contributed by atoms with E-state index in [0.29, 0.717) is 0 Å². The Labute approximate surface area is 101 Å². The van der Waals surface area contributed by atoms with E-state index in [0.717, 1.165) is 11.4 Å². The topological polar surface area (TPSA) is 12.9 Å². The van der Waals surface area contributed by atoms with Gasteiger partial charge in [0.25, 0.3) is 0 Å². The molecule has 0 amide bonds. The minimum absolute atomic E-state index is 1.06. The fraction of sp³-hybridized carbons (Fsp3) is 0.0625. The number of aromatic nitrogens is 1. The Bertz CT molecular complexity index is 610. The zero-order valence-electron chi connectivity index (χ0n) is 9.72. The highest BCUT2D eigenvalue weighted by molar-refractivity contribution is 5.98. The third-order valence-corrected chi connectivity index (χ3v) is 2.84. The molecule has 1 heterocycles. The number of aryl methyl sites for hydroxylation is 1. The van der Waals surface area contributed by atoms with Crippen molar-refractivity contribution in [2.45, 2.75) is 6.92 Å². The van der Waals surface area contributed by atoms with Gasteiger partial charge in [0.2, 0.25) is 0 Å². The summed E-state index contributed by atoms with van der Waals surface area (Å²) in [6.07, 6.45) is 16.6. The number of pyridine rings is 1. The first-order valence-electron chi connectivity index (χ1n) is 5.76. The molecule has 0 saturated heterocycles. The molecule has 2 aliphatic rings. The molecule has 0 N–H and O–H groups in total. The van der Waals surface area contributed by atoms with Crippen LogP contribution in [0.15, 0.2) is 60.2 Å². The molecule has 0 radical (unpaired) electrons. The molecular weight excluding hydrogens is 206 g/mol. The van der Waals surface area contributed by atoms with E-state index in [2.05, 4.69) is 41.4 Å². The molecule has 0 fully saturated rings. The molecule has 0 unspecified atom stereocenters. The summed E-state index contributed by atoms with van der Waals surface area (Å²) < 4.78 is 0. The summed E-state index contributed by atoms with van der Waals surface area (Å²) in [7, 11) is 0. The molecule has 3 rings (SSSR count). The van der Waals surface area contributed by atoms with Gasteiger partial charge in [-0.25, -0.2) is 0 Å². The number of allylic oxidation sites excluding steroid dienone is 9. The highest BCUT2D eigenvalue weighted by atomic mass is 14.7. The molecule has 1 aromatic heterocycles. The van der Waals surface area contributed by atoms with E-state index in [9.17, 15) is 0 Å². The molecule has 1 aromatic rings. The molecule has 1 heteroatoms. The van der Waals surface area contributed by atoms with E-state index in [4.69, 9.17) is 0 Å². The summed E-state index contributed by atoms with van der Waals surface area (Å²) in [5.74, 6) is 0. The van der Waals surface area contributed by atoms with Crippen molar-refractivity contribution >= 4 is 11.6 Å². The van der Waals surface area contributed by atoms with E-state index in [1.165, 1.54) is 16.7 Å². The third kappa shape index (κ3) is 2.04. The largest absolute Gasteiger partial charge is 0.252 e. The maximum absolute atomic E-state index is 4.63. The Morgan fingerprint density at radius 2 is 1.76 bits per heavy atom. The third-order valence-electron chi connectivity index (χ3n) is 2.84. The van der Waals surface area contributed by atoms with Gasteiger partial charge in [-0.3, -0.25) is 4.98 Å². The van der Waals surface area contributed by atoms with E-state index in [-0.39, 0.29) is 0 Å². The molecule has 0 aliphatic heterocycles. The fourth-order valence-electron chi connectivity index (χ4n) is 1.89. The van der Waals surface area contributed by atoms with Crippen LogP contribution in [0.1, 0.15) is 17.0 Å². The number of rotatable bonds is 0. The van der Waals surface area contributed by atoms with Crippen molar-refractivity contribution in [3.63, 3.8) is 0 Å². The first-order valence-corrected chi connectivity index (χ1v) is 5.76. The van der Waals surface area contributed by atoms with Crippen LogP contribution in [0, 0.1) is 6.92 Å². The van der Waals surface area contributed by atoms with Crippen LogP contribution in [0.25, 0.3) is 11.6 Å². The maximum Gasteiger partial charge on any atom is 0.0783 e. The molecular formula is C16H13N. The van der Waals surface area contributed by atoms with Crippen LogP contribution in [-0.2, 0) is 0 Å². The molecule has 2 aliphatic carbocycles. The molecule has 0 bridgehead atoms. The van der Waals surface area contributed by atoms with Crippen LogP contribution in [0.5, 0.6) is 0 Å². The van der Waals surface area contributed by atoms with Crippen molar-refractivity contribution in [3.8, 4) is 0 Å². The van der Waals surface area contributed by atoms with Crippen molar-refractivity contribution < 1.29 is 0 Å². The average molecular weight is 219 g/mol. The summed E-state index contributed by atoms with van der Waals surface area (Å²) >= 11 is 0. The smallest absolute Gasteiger partial charge is 0.0783 e. The lowest BCUT2D eigenvalue weighted by Gasteiger charge is -2.02. The van der Waals surface area contributed by atoms with Gasteiger partial charge in [-0.15, -0.1) is 0 Å². The second-order valence-electron chi connectivity index (χ2n) is 4.20. The van der Waals surface area contributed by atoms with Crippen LogP contribution in [0.3, 0.4) is 0 Å². The van der Waals surface area contributed by atoms with Gasteiger partial charge in [-0.1, -0.05) is 48.6 Å². The van der Waals surface area contributed by atoms with Crippen LogP contribution < -0.4 is 0 Å². The molecule has 1 nitrogen and oxygen atoms in total. The Morgan fingerprint density at radius 3 is 2.71 bits per heavy atom. The number of fused-ring (bicyclic) bond motifs is 3. The van der Waals surface area contributed by atoms with Gasteiger partial charge in [0.15, 0.2) is 0 Å². The van der Waals surface area contributed by atoms with Gasteiger partial charge in [-0.2, -0.15) is 0 Å². The average Bonchev–Trinajstić information content (AvgIpc) is 3.07. The second kappa shape index (κ2) is 4.02. The summed E-state index contributed by atoms with van der Waals surface area (Å²) in [6, 6.07) is 4.18. The van der Waals surface area contributed by atoms with Gasteiger partial charge < -0.3 is 0 Å². The highest BCUT2D eigenvalue weighted by Gasteiger charge is 2.21. The summed E-state index contributed by atoms with van der Waals surface area (Å²) in [5, 5.41) is 0. The van der Waals surface area contributed by atoms with Crippen molar-refractivity contribution in [3.05, 3.63) is 77.2 Å². The van der Waals surface area contributed by atoms with Crippen molar-refractivity contribution in [2.75, 3.05) is 0 Å². The van der Waals surface area contributed by atoms with Crippen molar-refractivity contribution in [1.29, 1.82) is 0 Å². The highest BCUT2D eigenvalue weighted by Crippen LogP contribution is 2.38. The van der Waals surface area contributed by atoms with Crippen molar-refractivity contribution in [1.82, 2.24) is 4.98 Å². The Balaban J connectivity index is 2.12. The number of hydrogen-bond acceptors (Lipinski definition) is 1. The Hall–Kier alpha value is -2.15. The minimum Gasteiger partial charge on any atom is -0.252 e. The molecule has 0 saturated carbocycles. The first kappa shape index (κ1) is 10.0. The summed E-state index contributed by atoms with van der Waals surface area (Å²) in [6.45, 7) is 2.03. The van der Waals surface area contributed by atoms with Gasteiger partial charge in [-0.05, 0) is 24.6 Å². The number of nitrogens with zero attached hydrogens (tertiary/aromatic N) is 1. The number of hydrogen-bond donors (Lipinski definition) is 0. The van der Waals surface area contributed by atoms with Crippen LogP contribution in [0.4, 0.5) is 0 Å². The molecule has 82 valence electrons. The lowest BCUT2D eigenvalue weighted by molar-refractivity contribution is 1.17. The first-order chi connectivity index (χ1) is 8.34. The lowest BCUT2D eigenvalue weighted by atomic mass is 10.1. The second-order valence-corrected chi connectivity index (χ2v) is 4.20. The van der Waals surface area contributed by atoms with Gasteiger partial charge in [0.05, 0.1) is 5.69 Å². The molecule has 0 atom stereocenters. The summed E-state index contributed by atoms with van der Waals surface area (Å²) in [4.78, 5) is 4.63. The van der Waals surface area contributed by atoms with Gasteiger partial charge in [0, 0.05) is 16.8 Å². The van der Waals surface area contributed by atoms with Crippen molar-refractivity contribution in [2.24, 2.45) is 0 Å². The van der Waals surface area contributed by atoms with Gasteiger partial charge in [0.1, 0.15) is 0 Å². The summed E-state index contributed by atoms with van der Waals surface area (Å²) in [5.41, 5.74) is 5.88. The fourth-order valence-corrected chi connectivity index (χ4v) is 1.89. The zero-order valence-corrected chi connectivity index (χ0v) is 9.72. The maximum atomic E-state index is 4.63. The molecule has 0 spiro atoms.